The Labute approximate surface area is 287 Å². The first-order valence-corrected chi connectivity index (χ1v) is 17.4. The molecule has 1 fully saturated rings. The van der Waals surface area contributed by atoms with E-state index in [0.29, 0.717) is 32.7 Å². The van der Waals surface area contributed by atoms with Gasteiger partial charge in [-0.25, -0.2) is 4.79 Å². The number of pyridine rings is 1. The van der Waals surface area contributed by atoms with Crippen molar-refractivity contribution < 1.29 is 28.8 Å². The quantitative estimate of drug-likeness (QED) is 0.219. The van der Waals surface area contributed by atoms with E-state index in [2.05, 4.69) is 64.7 Å². The molecule has 0 unspecified atom stereocenters. The zero-order chi connectivity index (χ0) is 33.9. The van der Waals surface area contributed by atoms with Crippen LogP contribution in [-0.2, 0) is 31.9 Å². The maximum absolute atomic E-state index is 12.9. The van der Waals surface area contributed by atoms with Crippen LogP contribution < -0.4 is 0 Å². The summed E-state index contributed by atoms with van der Waals surface area (Å²) in [6, 6.07) is 8.59. The third-order valence-corrected chi connectivity index (χ3v) is 9.40. The van der Waals surface area contributed by atoms with E-state index in [0.717, 1.165) is 75.1 Å². The lowest BCUT2D eigenvalue weighted by Gasteiger charge is -2.25. The molecule has 9 nitrogen and oxygen atoms in total. The molecule has 1 aromatic carbocycles. The van der Waals surface area contributed by atoms with Gasteiger partial charge in [0.2, 0.25) is 0 Å². The van der Waals surface area contributed by atoms with E-state index >= 15 is 0 Å². The van der Waals surface area contributed by atoms with Crippen molar-refractivity contribution in [1.29, 1.82) is 0 Å². The van der Waals surface area contributed by atoms with E-state index in [-0.39, 0.29) is 30.3 Å². The molecule has 1 N–H and O–H groups in total. The lowest BCUT2D eigenvalue weighted by atomic mass is 9.84. The number of nitrogens with zero attached hydrogens (tertiary/aromatic N) is 3. The SMILES string of the molecule is CO[C@@H](C)c1ncc(C2=CCN(C(=O)OC(C)(C)C)C2)cc1-c1c(CC(C)(C)CO)c2cc(Br)ccc2n1CCOC1CCOCC1. The van der Waals surface area contributed by atoms with Crippen molar-refractivity contribution in [1.82, 2.24) is 14.5 Å². The number of methoxy groups -OCH3 is 1. The highest BCUT2D eigenvalue weighted by Crippen LogP contribution is 2.42. The average Bonchev–Trinajstić information content (AvgIpc) is 3.64. The molecule has 0 bridgehead atoms. The topological polar surface area (TPSA) is 95.3 Å². The van der Waals surface area contributed by atoms with E-state index < -0.39 is 5.60 Å². The smallest absolute Gasteiger partial charge is 0.410 e. The zero-order valence-electron chi connectivity index (χ0n) is 28.9. The Bertz CT molecular complexity index is 1600. The number of halogens is 1. The number of fused-ring (bicyclic) bond motifs is 1. The van der Waals surface area contributed by atoms with Gasteiger partial charge in [0, 0.05) is 73.7 Å². The third-order valence-electron chi connectivity index (χ3n) is 8.90. The van der Waals surface area contributed by atoms with Gasteiger partial charge in [0.1, 0.15) is 5.60 Å². The number of aliphatic hydroxyl groups excluding tert-OH is 1. The summed E-state index contributed by atoms with van der Waals surface area (Å²) in [5.74, 6) is 0. The van der Waals surface area contributed by atoms with Crippen molar-refractivity contribution in [3.8, 4) is 11.3 Å². The van der Waals surface area contributed by atoms with Crippen molar-refractivity contribution in [3.05, 3.63) is 57.8 Å². The van der Waals surface area contributed by atoms with Gasteiger partial charge in [-0.2, -0.15) is 0 Å². The molecule has 4 heterocycles. The summed E-state index contributed by atoms with van der Waals surface area (Å²) in [5, 5.41) is 11.5. The molecule has 47 heavy (non-hydrogen) atoms. The molecule has 256 valence electrons. The molecular weight excluding hydrogens is 662 g/mol. The summed E-state index contributed by atoms with van der Waals surface area (Å²) in [5.41, 5.74) is 6.12. The monoisotopic (exact) mass is 711 g/mol. The van der Waals surface area contributed by atoms with Crippen LogP contribution in [0, 0.1) is 5.41 Å². The van der Waals surface area contributed by atoms with E-state index in [9.17, 15) is 9.90 Å². The molecule has 1 amide bonds. The number of hydrogen-bond acceptors (Lipinski definition) is 7. The molecule has 1 saturated heterocycles. The predicted molar refractivity (Wildman–Crippen MR) is 188 cm³/mol. The largest absolute Gasteiger partial charge is 0.444 e. The van der Waals surface area contributed by atoms with Gasteiger partial charge in [-0.3, -0.25) is 4.98 Å². The highest BCUT2D eigenvalue weighted by Gasteiger charge is 2.30. The number of benzene rings is 1. The number of aromatic nitrogens is 2. The van der Waals surface area contributed by atoms with Gasteiger partial charge in [0.15, 0.2) is 0 Å². The molecule has 10 heteroatoms. The van der Waals surface area contributed by atoms with Crippen LogP contribution in [0.5, 0.6) is 0 Å². The van der Waals surface area contributed by atoms with Gasteiger partial charge >= 0.3 is 6.09 Å². The molecule has 5 rings (SSSR count). The number of ether oxygens (including phenoxy) is 4. The van der Waals surface area contributed by atoms with Crippen LogP contribution in [0.4, 0.5) is 4.79 Å². The van der Waals surface area contributed by atoms with E-state index in [1.807, 2.05) is 33.9 Å². The second kappa shape index (κ2) is 14.8. The summed E-state index contributed by atoms with van der Waals surface area (Å²) in [6.45, 7) is 15.5. The lowest BCUT2D eigenvalue weighted by molar-refractivity contribution is -0.0336. The number of aliphatic hydroxyl groups is 1. The Morgan fingerprint density at radius 3 is 2.60 bits per heavy atom. The Balaban J connectivity index is 1.63. The highest BCUT2D eigenvalue weighted by molar-refractivity contribution is 9.10. The number of amides is 1. The van der Waals surface area contributed by atoms with Crippen molar-refractivity contribution in [2.75, 3.05) is 46.6 Å². The van der Waals surface area contributed by atoms with E-state index in [1.54, 1.807) is 12.0 Å². The molecule has 1 atom stereocenters. The van der Waals surface area contributed by atoms with Gasteiger partial charge in [0.25, 0.3) is 0 Å². The van der Waals surface area contributed by atoms with Crippen molar-refractivity contribution in [2.45, 2.75) is 85.2 Å². The van der Waals surface area contributed by atoms with Gasteiger partial charge in [-0.1, -0.05) is 35.9 Å². The molecule has 2 aliphatic rings. The number of rotatable bonds is 11. The number of carbonyl (C=O) groups excluding carboxylic acids is 1. The molecule has 2 aromatic heterocycles. The fourth-order valence-corrected chi connectivity index (χ4v) is 6.67. The van der Waals surface area contributed by atoms with E-state index in [1.165, 1.54) is 0 Å². The van der Waals surface area contributed by atoms with Crippen molar-refractivity contribution >= 4 is 38.5 Å². The van der Waals surface area contributed by atoms with Gasteiger partial charge in [-0.15, -0.1) is 0 Å². The molecule has 0 aliphatic carbocycles. The van der Waals surface area contributed by atoms with E-state index in [4.69, 9.17) is 23.9 Å². The fourth-order valence-electron chi connectivity index (χ4n) is 6.31. The summed E-state index contributed by atoms with van der Waals surface area (Å²) in [6.07, 6.45) is 6.00. The Morgan fingerprint density at radius 2 is 1.91 bits per heavy atom. The van der Waals surface area contributed by atoms with Gasteiger partial charge in [-0.05, 0) is 93.3 Å². The molecule has 0 spiro atoms. The van der Waals surface area contributed by atoms with Crippen LogP contribution in [0.25, 0.3) is 27.7 Å². The Morgan fingerprint density at radius 1 is 1.17 bits per heavy atom. The molecule has 0 radical (unpaired) electrons. The highest BCUT2D eigenvalue weighted by atomic mass is 79.9. The van der Waals surface area contributed by atoms with Gasteiger partial charge < -0.3 is 33.5 Å². The average molecular weight is 713 g/mol. The molecule has 0 saturated carbocycles. The standard InChI is InChI=1S/C37H50BrN3O6/c1-24(44-7)33-30(18-26(21-39-33)25-10-13-40(22-25)35(43)47-36(2,3)4)34-31(20-37(5,6)23-42)29-19-27(38)8-9-32(29)41(34)14-17-46-28-11-15-45-16-12-28/h8-10,18-19,21,24,28,42H,11-17,20,22-23H2,1-7H3/t24-/m0/s1. The molecule has 2 aliphatic heterocycles. The second-order valence-corrected chi connectivity index (χ2v) is 15.4. The van der Waals surface area contributed by atoms with Crippen LogP contribution in [0.3, 0.4) is 0 Å². The van der Waals surface area contributed by atoms with Crippen molar-refractivity contribution in [2.24, 2.45) is 5.41 Å². The third kappa shape index (κ3) is 8.46. The summed E-state index contributed by atoms with van der Waals surface area (Å²) >= 11 is 3.72. The predicted octanol–water partition coefficient (Wildman–Crippen LogP) is 7.56. The maximum atomic E-state index is 12.9. The minimum absolute atomic E-state index is 0.0486. The first kappa shape index (κ1) is 35.5. The van der Waals surface area contributed by atoms with Crippen LogP contribution >= 0.6 is 15.9 Å². The van der Waals surface area contributed by atoms with Crippen LogP contribution in [0.1, 0.15) is 77.3 Å². The second-order valence-electron chi connectivity index (χ2n) is 14.4. The maximum Gasteiger partial charge on any atom is 0.410 e. The number of hydrogen-bond donors (Lipinski definition) is 1. The zero-order valence-corrected chi connectivity index (χ0v) is 30.5. The summed E-state index contributed by atoms with van der Waals surface area (Å²) in [7, 11) is 1.70. The van der Waals surface area contributed by atoms with Crippen molar-refractivity contribution in [3.63, 3.8) is 0 Å². The molecular formula is C37H50BrN3O6. The van der Waals surface area contributed by atoms with Crippen LogP contribution in [0.15, 0.2) is 41.0 Å². The Kier molecular flexibility index (Phi) is 11.2. The fraction of sp³-hybridized carbons (Fsp3) is 0.568. The van der Waals surface area contributed by atoms with Crippen LogP contribution in [-0.4, -0.2) is 84.0 Å². The molecule has 3 aromatic rings. The normalized spacial score (nSPS) is 17.0. The van der Waals surface area contributed by atoms with Gasteiger partial charge in [0.05, 0.1) is 30.2 Å². The first-order chi connectivity index (χ1) is 22.3. The van der Waals surface area contributed by atoms with Crippen LogP contribution in [0.2, 0.25) is 0 Å². The summed E-state index contributed by atoms with van der Waals surface area (Å²) < 4.78 is 26.8. The number of carbonyl (C=O) groups is 1. The first-order valence-electron chi connectivity index (χ1n) is 16.6. The minimum Gasteiger partial charge on any atom is -0.444 e. The summed E-state index contributed by atoms with van der Waals surface area (Å²) in [4.78, 5) is 19.6. The minimum atomic E-state index is -0.567. The Hall–Kier alpha value is -2.76. The lowest BCUT2D eigenvalue weighted by Crippen LogP contribution is -2.35.